The molecule has 12 heavy (non-hydrogen) atoms. The van der Waals surface area contributed by atoms with E-state index >= 15 is 0 Å². The molecule has 0 bridgehead atoms. The zero-order valence-corrected chi connectivity index (χ0v) is 8.59. The molecule has 0 fully saturated rings. The second kappa shape index (κ2) is 5.76. The number of hydrogen-bond donors (Lipinski definition) is 0. The molecule has 0 amide bonds. The molecule has 0 spiro atoms. The predicted octanol–water partition coefficient (Wildman–Crippen LogP) is 3.58. The van der Waals surface area contributed by atoms with Crippen LogP contribution < -0.4 is 0 Å². The summed E-state index contributed by atoms with van der Waals surface area (Å²) in [4.78, 5) is 4.35. The van der Waals surface area contributed by atoms with Crippen molar-refractivity contribution in [1.29, 1.82) is 0 Å². The first kappa shape index (κ1) is 11.2. The van der Waals surface area contributed by atoms with Gasteiger partial charge < -0.3 is 0 Å². The number of aliphatic imine (C=N–C) groups is 1. The number of nitrogens with zero attached hydrogens (tertiary/aromatic N) is 1. The van der Waals surface area contributed by atoms with E-state index in [0.717, 1.165) is 6.42 Å². The predicted molar refractivity (Wildman–Crippen MR) is 56.5 cm³/mol. The molecule has 0 atom stereocenters. The Bertz CT molecular complexity index is 197. The van der Waals surface area contributed by atoms with E-state index in [4.69, 9.17) is 0 Å². The monoisotopic (exact) mass is 165 g/mol. The second-order valence-corrected chi connectivity index (χ2v) is 3.39. The molecule has 0 saturated heterocycles. The van der Waals surface area contributed by atoms with Crippen LogP contribution in [0.4, 0.5) is 0 Å². The molecule has 0 N–H and O–H groups in total. The average molecular weight is 165 g/mol. The van der Waals surface area contributed by atoms with Crippen molar-refractivity contribution >= 4 is 5.71 Å². The van der Waals surface area contributed by atoms with Crippen LogP contribution in [0.1, 0.15) is 34.1 Å². The molecule has 0 aromatic heterocycles. The van der Waals surface area contributed by atoms with Crippen molar-refractivity contribution in [2.24, 2.45) is 10.9 Å². The maximum Gasteiger partial charge on any atom is 0.0259 e. The van der Waals surface area contributed by atoms with Crippen LogP contribution in [0.2, 0.25) is 0 Å². The summed E-state index contributed by atoms with van der Waals surface area (Å²) >= 11 is 0. The minimum atomic E-state index is 0.540. The Kier molecular flexibility index (Phi) is 5.35. The van der Waals surface area contributed by atoms with Crippen LogP contribution in [-0.2, 0) is 0 Å². The standard InChI is InChI=1S/C11H19N/c1-6-7-10(4)8-12-11(5)9(2)3/h6,8-9H,1,7H2,2-5H3/b10-8+,12-11?. The molecule has 0 aromatic rings. The molecule has 0 radical (unpaired) electrons. The Morgan fingerprint density at radius 1 is 1.42 bits per heavy atom. The molecule has 1 nitrogen and oxygen atoms in total. The van der Waals surface area contributed by atoms with Gasteiger partial charge in [-0.25, -0.2) is 0 Å². The van der Waals surface area contributed by atoms with Crippen LogP contribution in [0.5, 0.6) is 0 Å². The van der Waals surface area contributed by atoms with E-state index < -0.39 is 0 Å². The topological polar surface area (TPSA) is 12.4 Å². The van der Waals surface area contributed by atoms with Gasteiger partial charge in [-0.2, -0.15) is 0 Å². The quantitative estimate of drug-likeness (QED) is 0.446. The van der Waals surface area contributed by atoms with Crippen molar-refractivity contribution in [3.63, 3.8) is 0 Å². The van der Waals surface area contributed by atoms with E-state index in [1.54, 1.807) is 0 Å². The fraction of sp³-hybridized carbons (Fsp3) is 0.545. The fourth-order valence-corrected chi connectivity index (χ4v) is 0.641. The van der Waals surface area contributed by atoms with Gasteiger partial charge in [-0.15, -0.1) is 6.58 Å². The van der Waals surface area contributed by atoms with Crippen LogP contribution in [0.15, 0.2) is 29.4 Å². The Labute approximate surface area is 75.9 Å². The van der Waals surface area contributed by atoms with Gasteiger partial charge in [0.1, 0.15) is 0 Å². The summed E-state index contributed by atoms with van der Waals surface area (Å²) in [6.45, 7) is 12.1. The molecule has 0 aliphatic heterocycles. The van der Waals surface area contributed by atoms with Crippen molar-refractivity contribution in [2.45, 2.75) is 34.1 Å². The van der Waals surface area contributed by atoms with E-state index in [1.807, 2.05) is 12.3 Å². The van der Waals surface area contributed by atoms with Crippen molar-refractivity contribution in [1.82, 2.24) is 0 Å². The Balaban J connectivity index is 4.16. The first-order valence-electron chi connectivity index (χ1n) is 4.38. The summed E-state index contributed by atoms with van der Waals surface area (Å²) in [5, 5.41) is 0. The molecule has 0 aromatic carbocycles. The molecule has 0 aliphatic carbocycles. The van der Waals surface area contributed by atoms with Crippen LogP contribution in [-0.4, -0.2) is 5.71 Å². The first-order valence-corrected chi connectivity index (χ1v) is 4.38. The average Bonchev–Trinajstić information content (AvgIpc) is 2.00. The normalized spacial score (nSPS) is 13.8. The summed E-state index contributed by atoms with van der Waals surface area (Å²) in [7, 11) is 0. The van der Waals surface area contributed by atoms with Crippen molar-refractivity contribution < 1.29 is 0 Å². The number of hydrogen-bond acceptors (Lipinski definition) is 1. The van der Waals surface area contributed by atoms with Gasteiger partial charge in [0.15, 0.2) is 0 Å². The highest BCUT2D eigenvalue weighted by atomic mass is 14.7. The third-order valence-corrected chi connectivity index (χ3v) is 1.79. The molecule has 0 aliphatic rings. The Morgan fingerprint density at radius 3 is 2.42 bits per heavy atom. The molecule has 0 heterocycles. The Hall–Kier alpha value is -0.850. The van der Waals surface area contributed by atoms with E-state index in [9.17, 15) is 0 Å². The van der Waals surface area contributed by atoms with Gasteiger partial charge in [0.25, 0.3) is 0 Å². The molecule has 0 unspecified atom stereocenters. The highest BCUT2D eigenvalue weighted by Crippen LogP contribution is 2.02. The zero-order valence-electron chi connectivity index (χ0n) is 8.59. The van der Waals surface area contributed by atoms with E-state index in [-0.39, 0.29) is 0 Å². The van der Waals surface area contributed by atoms with Gasteiger partial charge in [0, 0.05) is 11.9 Å². The van der Waals surface area contributed by atoms with Gasteiger partial charge in [0.2, 0.25) is 0 Å². The molecular formula is C11H19N. The minimum absolute atomic E-state index is 0.540. The van der Waals surface area contributed by atoms with Gasteiger partial charge in [-0.1, -0.05) is 25.5 Å². The molecular weight excluding hydrogens is 146 g/mol. The third-order valence-electron chi connectivity index (χ3n) is 1.79. The van der Waals surface area contributed by atoms with Crippen LogP contribution in [0.3, 0.4) is 0 Å². The zero-order chi connectivity index (χ0) is 9.56. The maximum atomic E-state index is 4.35. The SMILES string of the molecule is C=CC/C(C)=C/N=C(C)C(C)C. The van der Waals surface area contributed by atoms with Gasteiger partial charge in [-0.3, -0.25) is 4.99 Å². The van der Waals surface area contributed by atoms with E-state index in [0.29, 0.717) is 5.92 Å². The lowest BCUT2D eigenvalue weighted by atomic mass is 10.1. The van der Waals surface area contributed by atoms with Crippen LogP contribution >= 0.6 is 0 Å². The summed E-state index contributed by atoms with van der Waals surface area (Å²) in [6.07, 6.45) is 4.75. The second-order valence-electron chi connectivity index (χ2n) is 3.39. The fourth-order valence-electron chi connectivity index (χ4n) is 0.641. The van der Waals surface area contributed by atoms with E-state index in [1.165, 1.54) is 11.3 Å². The van der Waals surface area contributed by atoms with Gasteiger partial charge in [-0.05, 0) is 26.2 Å². The summed E-state index contributed by atoms with van der Waals surface area (Å²) in [5.41, 5.74) is 2.43. The molecule has 1 heteroatoms. The maximum absolute atomic E-state index is 4.35. The number of allylic oxidation sites excluding steroid dienone is 2. The van der Waals surface area contributed by atoms with Crippen LogP contribution in [0, 0.1) is 5.92 Å². The van der Waals surface area contributed by atoms with Crippen molar-refractivity contribution in [2.75, 3.05) is 0 Å². The van der Waals surface area contributed by atoms with Crippen LogP contribution in [0.25, 0.3) is 0 Å². The molecule has 0 rings (SSSR count). The van der Waals surface area contributed by atoms with Gasteiger partial charge in [0.05, 0.1) is 0 Å². The lowest BCUT2D eigenvalue weighted by molar-refractivity contribution is 0.877. The lowest BCUT2D eigenvalue weighted by Gasteiger charge is -2.01. The first-order chi connectivity index (χ1) is 5.57. The molecule has 68 valence electrons. The number of rotatable bonds is 4. The lowest BCUT2D eigenvalue weighted by Crippen LogP contribution is -2.00. The molecule has 0 saturated carbocycles. The highest BCUT2D eigenvalue weighted by molar-refractivity contribution is 5.84. The van der Waals surface area contributed by atoms with Crippen molar-refractivity contribution in [3.05, 3.63) is 24.4 Å². The van der Waals surface area contributed by atoms with Gasteiger partial charge >= 0.3 is 0 Å². The van der Waals surface area contributed by atoms with E-state index in [2.05, 4.69) is 39.3 Å². The Morgan fingerprint density at radius 2 is 2.00 bits per heavy atom. The van der Waals surface area contributed by atoms with Crippen molar-refractivity contribution in [3.8, 4) is 0 Å². The third kappa shape index (κ3) is 4.89. The smallest absolute Gasteiger partial charge is 0.0259 e. The summed E-state index contributed by atoms with van der Waals surface area (Å²) < 4.78 is 0. The summed E-state index contributed by atoms with van der Waals surface area (Å²) in [5.74, 6) is 0.540. The highest BCUT2D eigenvalue weighted by Gasteiger charge is 1.94. The largest absolute Gasteiger partial charge is 0.266 e. The summed E-state index contributed by atoms with van der Waals surface area (Å²) in [6, 6.07) is 0. The minimum Gasteiger partial charge on any atom is -0.266 e.